The quantitative estimate of drug-likeness (QED) is 0.717. The monoisotopic (exact) mass is 194 g/mol. The van der Waals surface area contributed by atoms with E-state index in [0.29, 0.717) is 17.8 Å². The molecule has 1 amide bonds. The number of hydrogen-bond acceptors (Lipinski definition) is 2. The number of carbonyl (C=O) groups excluding carboxylic acids is 1. The van der Waals surface area contributed by atoms with Crippen LogP contribution in [0.1, 0.15) is 13.3 Å². The second-order valence-corrected chi connectivity index (χ2v) is 3.28. The molecule has 1 aliphatic heterocycles. The fourth-order valence-electron chi connectivity index (χ4n) is 1.51. The molecular weight excluding hydrogens is 183 g/mol. The van der Waals surface area contributed by atoms with Gasteiger partial charge in [-0.2, -0.15) is 0 Å². The molecule has 0 aromatic heterocycles. The van der Waals surface area contributed by atoms with Crippen molar-refractivity contribution >= 4 is 17.3 Å². The summed E-state index contributed by atoms with van der Waals surface area (Å²) in [6.45, 7) is 1.90. The van der Waals surface area contributed by atoms with E-state index in [4.69, 9.17) is 0 Å². The van der Waals surface area contributed by atoms with Gasteiger partial charge in [0.2, 0.25) is 5.91 Å². The minimum absolute atomic E-state index is 0.0633. The molecule has 1 aromatic carbocycles. The summed E-state index contributed by atoms with van der Waals surface area (Å²) in [6, 6.07) is 4.01. The lowest BCUT2D eigenvalue weighted by molar-refractivity contribution is -0.117. The molecule has 0 radical (unpaired) electrons. The molecule has 74 valence electrons. The van der Waals surface area contributed by atoms with Crippen LogP contribution in [0.3, 0.4) is 0 Å². The molecule has 3 nitrogen and oxygen atoms in total. The third-order valence-corrected chi connectivity index (χ3v) is 2.29. The smallest absolute Gasteiger partial charge is 0.246 e. The van der Waals surface area contributed by atoms with Gasteiger partial charge in [-0.1, -0.05) is 6.92 Å². The molecule has 4 heteroatoms. The highest BCUT2D eigenvalue weighted by Crippen LogP contribution is 2.27. The van der Waals surface area contributed by atoms with E-state index in [1.54, 1.807) is 6.07 Å². The van der Waals surface area contributed by atoms with Gasteiger partial charge < -0.3 is 10.6 Å². The summed E-state index contributed by atoms with van der Waals surface area (Å²) >= 11 is 0. The molecule has 0 unspecified atom stereocenters. The maximum absolute atomic E-state index is 12.9. The fraction of sp³-hybridized carbons (Fsp3) is 0.300. The Labute approximate surface area is 81.3 Å². The number of hydrogen-bond donors (Lipinski definition) is 2. The summed E-state index contributed by atoms with van der Waals surface area (Å²) in [7, 11) is 0. The van der Waals surface area contributed by atoms with Crippen molar-refractivity contribution in [3.05, 3.63) is 24.0 Å². The second kappa shape index (κ2) is 3.29. The van der Waals surface area contributed by atoms with Crippen LogP contribution >= 0.6 is 0 Å². The largest absolute Gasteiger partial charge is 0.372 e. The Morgan fingerprint density at radius 3 is 2.93 bits per heavy atom. The highest BCUT2D eigenvalue weighted by atomic mass is 19.1. The Hall–Kier alpha value is -1.58. The molecule has 0 fully saturated rings. The molecule has 2 rings (SSSR count). The normalized spacial score (nSPS) is 19.6. The van der Waals surface area contributed by atoms with E-state index in [-0.39, 0.29) is 17.8 Å². The van der Waals surface area contributed by atoms with Crippen molar-refractivity contribution in [2.75, 3.05) is 10.6 Å². The van der Waals surface area contributed by atoms with Crippen LogP contribution in [0.15, 0.2) is 18.2 Å². The lowest BCUT2D eigenvalue weighted by atomic mass is 10.1. The number of amides is 1. The first kappa shape index (κ1) is 8.99. The third kappa shape index (κ3) is 1.43. The number of nitrogens with one attached hydrogen (secondary N) is 2. The highest BCUT2D eigenvalue weighted by Gasteiger charge is 2.23. The van der Waals surface area contributed by atoms with Crippen molar-refractivity contribution in [2.45, 2.75) is 19.4 Å². The lowest BCUT2D eigenvalue weighted by Gasteiger charge is -2.25. The van der Waals surface area contributed by atoms with E-state index in [9.17, 15) is 9.18 Å². The zero-order valence-corrected chi connectivity index (χ0v) is 7.80. The molecule has 1 atom stereocenters. The predicted molar refractivity (Wildman–Crippen MR) is 52.7 cm³/mol. The van der Waals surface area contributed by atoms with Crippen LogP contribution in [0.4, 0.5) is 15.8 Å². The van der Waals surface area contributed by atoms with Crippen LogP contribution in [-0.2, 0) is 4.79 Å². The number of rotatable bonds is 1. The topological polar surface area (TPSA) is 41.1 Å². The average Bonchev–Trinajstić information content (AvgIpc) is 2.17. The number of halogens is 1. The maximum Gasteiger partial charge on any atom is 0.246 e. The Morgan fingerprint density at radius 1 is 1.43 bits per heavy atom. The molecule has 0 saturated carbocycles. The highest BCUT2D eigenvalue weighted by molar-refractivity contribution is 6.02. The zero-order chi connectivity index (χ0) is 10.1. The first-order chi connectivity index (χ1) is 6.70. The maximum atomic E-state index is 12.9. The molecule has 0 bridgehead atoms. The van der Waals surface area contributed by atoms with Crippen LogP contribution in [0.25, 0.3) is 0 Å². The van der Waals surface area contributed by atoms with E-state index in [1.165, 1.54) is 12.1 Å². The summed E-state index contributed by atoms with van der Waals surface area (Å²) in [5, 5.41) is 5.71. The molecule has 0 saturated heterocycles. The van der Waals surface area contributed by atoms with Crippen molar-refractivity contribution in [2.24, 2.45) is 0 Å². The van der Waals surface area contributed by atoms with Gasteiger partial charge in [0.25, 0.3) is 0 Å². The minimum Gasteiger partial charge on any atom is -0.372 e. The predicted octanol–water partition coefficient (Wildman–Crippen LogP) is 1.97. The Balaban J connectivity index is 2.36. The number of benzene rings is 1. The van der Waals surface area contributed by atoms with Crippen LogP contribution in [0.5, 0.6) is 0 Å². The summed E-state index contributed by atoms with van der Waals surface area (Å²) in [5.74, 6) is -0.367. The van der Waals surface area contributed by atoms with E-state index in [2.05, 4.69) is 10.6 Å². The lowest BCUT2D eigenvalue weighted by Crippen LogP contribution is -2.38. The van der Waals surface area contributed by atoms with Gasteiger partial charge in [-0.25, -0.2) is 4.39 Å². The molecule has 2 N–H and O–H groups in total. The SMILES string of the molecule is CC[C@H]1Nc2cc(F)ccc2NC1=O. The van der Waals surface area contributed by atoms with Crippen molar-refractivity contribution in [3.8, 4) is 0 Å². The Bertz CT molecular complexity index is 378. The number of fused-ring (bicyclic) bond motifs is 1. The number of carbonyl (C=O) groups is 1. The van der Waals surface area contributed by atoms with Gasteiger partial charge in [0.15, 0.2) is 0 Å². The molecular formula is C10H11FN2O. The van der Waals surface area contributed by atoms with Crippen molar-refractivity contribution in [1.29, 1.82) is 0 Å². The van der Waals surface area contributed by atoms with Gasteiger partial charge in [0.05, 0.1) is 11.4 Å². The summed E-state index contributed by atoms with van der Waals surface area (Å²) in [4.78, 5) is 11.4. The van der Waals surface area contributed by atoms with Crippen molar-refractivity contribution < 1.29 is 9.18 Å². The zero-order valence-electron chi connectivity index (χ0n) is 7.80. The molecule has 0 spiro atoms. The minimum atomic E-state index is -0.303. The average molecular weight is 194 g/mol. The van der Waals surface area contributed by atoms with Gasteiger partial charge in [-0.05, 0) is 24.6 Å². The van der Waals surface area contributed by atoms with Crippen LogP contribution in [0.2, 0.25) is 0 Å². The van der Waals surface area contributed by atoms with Crippen LogP contribution in [0, 0.1) is 5.82 Å². The molecule has 1 heterocycles. The van der Waals surface area contributed by atoms with Gasteiger partial charge in [-0.15, -0.1) is 0 Å². The molecule has 14 heavy (non-hydrogen) atoms. The standard InChI is InChI=1S/C10H11FN2O/c1-2-7-10(14)13-8-4-3-6(11)5-9(8)12-7/h3-5,7,12H,2H2,1H3,(H,13,14)/t7-/m1/s1. The van der Waals surface area contributed by atoms with Gasteiger partial charge in [-0.3, -0.25) is 4.79 Å². The van der Waals surface area contributed by atoms with E-state index in [1.807, 2.05) is 6.92 Å². The van der Waals surface area contributed by atoms with Gasteiger partial charge >= 0.3 is 0 Å². The Morgan fingerprint density at radius 2 is 2.21 bits per heavy atom. The third-order valence-electron chi connectivity index (χ3n) is 2.29. The molecule has 1 aliphatic rings. The summed E-state index contributed by atoms with van der Waals surface area (Å²) < 4.78 is 12.9. The first-order valence-electron chi connectivity index (χ1n) is 4.57. The van der Waals surface area contributed by atoms with E-state index in [0.717, 1.165) is 0 Å². The van der Waals surface area contributed by atoms with Crippen molar-refractivity contribution in [3.63, 3.8) is 0 Å². The van der Waals surface area contributed by atoms with E-state index < -0.39 is 0 Å². The fourth-order valence-corrected chi connectivity index (χ4v) is 1.51. The number of anilines is 2. The summed E-state index contributed by atoms with van der Waals surface area (Å²) in [6.07, 6.45) is 0.682. The Kier molecular flexibility index (Phi) is 2.11. The van der Waals surface area contributed by atoms with Crippen LogP contribution in [-0.4, -0.2) is 11.9 Å². The second-order valence-electron chi connectivity index (χ2n) is 3.28. The van der Waals surface area contributed by atoms with Crippen LogP contribution < -0.4 is 10.6 Å². The van der Waals surface area contributed by atoms with Gasteiger partial charge in [0, 0.05) is 0 Å². The molecule has 1 aromatic rings. The first-order valence-corrected chi connectivity index (χ1v) is 4.57. The van der Waals surface area contributed by atoms with Crippen molar-refractivity contribution in [1.82, 2.24) is 0 Å². The van der Waals surface area contributed by atoms with Gasteiger partial charge in [0.1, 0.15) is 11.9 Å². The molecule has 0 aliphatic carbocycles. The van der Waals surface area contributed by atoms with E-state index >= 15 is 0 Å². The summed E-state index contributed by atoms with van der Waals surface area (Å²) in [5.41, 5.74) is 1.29.